The van der Waals surface area contributed by atoms with E-state index < -0.39 is 0 Å². The fourth-order valence-corrected chi connectivity index (χ4v) is 2.16. The van der Waals surface area contributed by atoms with Crippen molar-refractivity contribution in [2.75, 3.05) is 5.32 Å². The van der Waals surface area contributed by atoms with Crippen LogP contribution in [0.1, 0.15) is 21.5 Å². The highest BCUT2D eigenvalue weighted by molar-refractivity contribution is 9.10. The largest absolute Gasteiger partial charge is 0.322 e. The Balaban J connectivity index is 2.28. The predicted octanol–water partition coefficient (Wildman–Crippen LogP) is 4.46. The zero-order chi connectivity index (χ0) is 14.0. The van der Waals surface area contributed by atoms with Crippen molar-refractivity contribution >= 4 is 27.5 Å². The van der Waals surface area contributed by atoms with Gasteiger partial charge >= 0.3 is 0 Å². The number of amides is 1. The summed E-state index contributed by atoms with van der Waals surface area (Å²) in [7, 11) is 0. The third-order valence-electron chi connectivity index (χ3n) is 2.88. The molecule has 0 saturated heterocycles. The van der Waals surface area contributed by atoms with E-state index in [1.54, 1.807) is 6.92 Å². The maximum absolute atomic E-state index is 13.0. The summed E-state index contributed by atoms with van der Waals surface area (Å²) in [6.45, 7) is 3.63. The molecule has 0 heterocycles. The van der Waals surface area contributed by atoms with Gasteiger partial charge in [0.2, 0.25) is 0 Å². The minimum absolute atomic E-state index is 0.237. The Morgan fingerprint density at radius 1 is 1.11 bits per heavy atom. The summed E-state index contributed by atoms with van der Waals surface area (Å²) in [5.74, 6) is -0.577. The summed E-state index contributed by atoms with van der Waals surface area (Å²) in [5.41, 5.74) is 2.80. The third kappa shape index (κ3) is 3.20. The predicted molar refractivity (Wildman–Crippen MR) is 78.0 cm³/mol. The molecule has 1 amide bonds. The first-order valence-corrected chi connectivity index (χ1v) is 6.60. The van der Waals surface area contributed by atoms with Gasteiger partial charge in [-0.2, -0.15) is 0 Å². The summed E-state index contributed by atoms with van der Waals surface area (Å²) in [6, 6.07) is 9.79. The van der Waals surface area contributed by atoms with Crippen LogP contribution in [0.2, 0.25) is 0 Å². The number of benzene rings is 2. The van der Waals surface area contributed by atoms with Crippen LogP contribution in [-0.2, 0) is 0 Å². The fraction of sp³-hybridized carbons (Fsp3) is 0.133. The van der Waals surface area contributed by atoms with Gasteiger partial charge in [0, 0.05) is 15.7 Å². The molecule has 0 saturated carbocycles. The summed E-state index contributed by atoms with van der Waals surface area (Å²) >= 11 is 3.37. The van der Waals surface area contributed by atoms with E-state index in [-0.39, 0.29) is 11.7 Å². The summed E-state index contributed by atoms with van der Waals surface area (Å²) in [6.07, 6.45) is 0. The molecule has 0 unspecified atom stereocenters. The monoisotopic (exact) mass is 321 g/mol. The van der Waals surface area contributed by atoms with Crippen LogP contribution < -0.4 is 5.32 Å². The van der Waals surface area contributed by atoms with Crippen LogP contribution in [0.4, 0.5) is 10.1 Å². The topological polar surface area (TPSA) is 29.1 Å². The van der Waals surface area contributed by atoms with E-state index in [0.29, 0.717) is 11.1 Å². The standard InChI is InChI=1S/C15H13BrFNO/c1-9-3-4-11(16)8-14(9)18-15(19)13-6-5-12(17)7-10(13)2/h3-8H,1-2H3,(H,18,19). The zero-order valence-corrected chi connectivity index (χ0v) is 12.2. The molecule has 0 aliphatic rings. The second kappa shape index (κ2) is 5.53. The number of hydrogen-bond donors (Lipinski definition) is 1. The van der Waals surface area contributed by atoms with Crippen LogP contribution >= 0.6 is 15.9 Å². The lowest BCUT2D eigenvalue weighted by Crippen LogP contribution is -2.14. The van der Waals surface area contributed by atoms with E-state index in [9.17, 15) is 9.18 Å². The van der Waals surface area contributed by atoms with Crippen LogP contribution in [0.25, 0.3) is 0 Å². The van der Waals surface area contributed by atoms with Crippen molar-refractivity contribution in [2.45, 2.75) is 13.8 Å². The molecule has 98 valence electrons. The molecular weight excluding hydrogens is 309 g/mol. The number of rotatable bonds is 2. The Kier molecular flexibility index (Phi) is 4.00. The van der Waals surface area contributed by atoms with Gasteiger partial charge in [0.15, 0.2) is 0 Å². The van der Waals surface area contributed by atoms with Gasteiger partial charge in [-0.3, -0.25) is 4.79 Å². The lowest BCUT2D eigenvalue weighted by Gasteiger charge is -2.10. The SMILES string of the molecule is Cc1ccc(Br)cc1NC(=O)c1ccc(F)cc1C. The quantitative estimate of drug-likeness (QED) is 0.869. The van der Waals surface area contributed by atoms with Gasteiger partial charge in [-0.15, -0.1) is 0 Å². The average Bonchev–Trinajstić information content (AvgIpc) is 2.33. The maximum atomic E-state index is 13.0. The molecule has 0 fully saturated rings. The third-order valence-corrected chi connectivity index (χ3v) is 3.37. The van der Waals surface area contributed by atoms with E-state index in [2.05, 4.69) is 21.2 Å². The van der Waals surface area contributed by atoms with Crippen molar-refractivity contribution in [3.8, 4) is 0 Å². The average molecular weight is 322 g/mol. The molecule has 2 rings (SSSR count). The zero-order valence-electron chi connectivity index (χ0n) is 10.6. The molecule has 2 nitrogen and oxygen atoms in total. The van der Waals surface area contributed by atoms with Crippen LogP contribution in [0.15, 0.2) is 40.9 Å². The molecule has 0 spiro atoms. The Labute approximate surface area is 119 Å². The number of carbonyl (C=O) groups excluding carboxylic acids is 1. The molecular formula is C15H13BrFNO. The Morgan fingerprint density at radius 3 is 2.53 bits per heavy atom. The summed E-state index contributed by atoms with van der Waals surface area (Å²) in [5, 5.41) is 2.84. The van der Waals surface area contributed by atoms with Crippen molar-refractivity contribution in [1.82, 2.24) is 0 Å². The van der Waals surface area contributed by atoms with E-state index in [4.69, 9.17) is 0 Å². The molecule has 0 radical (unpaired) electrons. The van der Waals surface area contributed by atoms with Gasteiger partial charge in [0.25, 0.3) is 5.91 Å². The van der Waals surface area contributed by atoms with Crippen molar-refractivity contribution in [3.05, 3.63) is 63.4 Å². The highest BCUT2D eigenvalue weighted by atomic mass is 79.9. The fourth-order valence-electron chi connectivity index (χ4n) is 1.80. The Morgan fingerprint density at radius 2 is 1.84 bits per heavy atom. The molecule has 4 heteroatoms. The number of anilines is 1. The van der Waals surface area contributed by atoms with Crippen LogP contribution in [-0.4, -0.2) is 5.91 Å². The van der Waals surface area contributed by atoms with Gasteiger partial charge in [0.1, 0.15) is 5.82 Å². The number of halogens is 2. The van der Waals surface area contributed by atoms with Crippen LogP contribution in [0.5, 0.6) is 0 Å². The van der Waals surface area contributed by atoms with Crippen LogP contribution in [0.3, 0.4) is 0 Å². The molecule has 0 aliphatic heterocycles. The maximum Gasteiger partial charge on any atom is 0.255 e. The normalized spacial score (nSPS) is 10.3. The Bertz CT molecular complexity index is 640. The molecule has 0 aliphatic carbocycles. The van der Waals surface area contributed by atoms with E-state index >= 15 is 0 Å². The van der Waals surface area contributed by atoms with Crippen molar-refractivity contribution in [3.63, 3.8) is 0 Å². The minimum atomic E-state index is -0.340. The minimum Gasteiger partial charge on any atom is -0.322 e. The highest BCUT2D eigenvalue weighted by Crippen LogP contribution is 2.22. The lowest BCUT2D eigenvalue weighted by molar-refractivity contribution is 0.102. The van der Waals surface area contributed by atoms with E-state index in [1.165, 1.54) is 18.2 Å². The van der Waals surface area contributed by atoms with Gasteiger partial charge in [0.05, 0.1) is 0 Å². The molecule has 0 aromatic heterocycles. The van der Waals surface area contributed by atoms with Crippen LogP contribution in [0, 0.1) is 19.7 Å². The molecule has 19 heavy (non-hydrogen) atoms. The van der Waals surface area contributed by atoms with Gasteiger partial charge in [-0.05, 0) is 55.3 Å². The second-order valence-corrected chi connectivity index (χ2v) is 5.29. The molecule has 0 atom stereocenters. The second-order valence-electron chi connectivity index (χ2n) is 4.37. The molecule has 2 aromatic rings. The smallest absolute Gasteiger partial charge is 0.255 e. The van der Waals surface area contributed by atoms with E-state index in [0.717, 1.165) is 15.7 Å². The lowest BCUT2D eigenvalue weighted by atomic mass is 10.1. The molecule has 0 bridgehead atoms. The van der Waals surface area contributed by atoms with Crippen molar-refractivity contribution in [1.29, 1.82) is 0 Å². The van der Waals surface area contributed by atoms with Gasteiger partial charge in [-0.1, -0.05) is 22.0 Å². The van der Waals surface area contributed by atoms with Crippen molar-refractivity contribution < 1.29 is 9.18 Å². The van der Waals surface area contributed by atoms with Crippen molar-refractivity contribution in [2.24, 2.45) is 0 Å². The highest BCUT2D eigenvalue weighted by Gasteiger charge is 2.11. The first kappa shape index (κ1) is 13.7. The van der Waals surface area contributed by atoms with Gasteiger partial charge in [-0.25, -0.2) is 4.39 Å². The number of nitrogens with one attached hydrogen (secondary N) is 1. The van der Waals surface area contributed by atoms with E-state index in [1.807, 2.05) is 25.1 Å². The number of hydrogen-bond acceptors (Lipinski definition) is 1. The summed E-state index contributed by atoms with van der Waals surface area (Å²) < 4.78 is 13.9. The van der Waals surface area contributed by atoms with Gasteiger partial charge < -0.3 is 5.32 Å². The Hall–Kier alpha value is -1.68. The first-order valence-electron chi connectivity index (χ1n) is 5.81. The first-order chi connectivity index (χ1) is 8.97. The molecule has 2 aromatic carbocycles. The summed E-state index contributed by atoms with van der Waals surface area (Å²) in [4.78, 5) is 12.2. The number of carbonyl (C=O) groups is 1. The number of aryl methyl sites for hydroxylation is 2. The molecule has 1 N–H and O–H groups in total.